The fraction of sp³-hybridized carbons (Fsp3) is 0.462. The molecule has 0 spiro atoms. The first-order valence-corrected chi connectivity index (χ1v) is 5.36. The number of hydrogen-bond acceptors (Lipinski definition) is 2. The third-order valence-electron chi connectivity index (χ3n) is 2.64. The molecule has 0 radical (unpaired) electrons. The zero-order valence-corrected chi connectivity index (χ0v) is 9.71. The molecular formula is C13H19NO. The molecule has 2 heteroatoms. The van der Waals surface area contributed by atoms with Crippen molar-refractivity contribution >= 4 is 5.78 Å². The lowest BCUT2D eigenvalue weighted by molar-refractivity contribution is -0.120. The van der Waals surface area contributed by atoms with Crippen molar-refractivity contribution in [1.29, 1.82) is 0 Å². The number of nitrogens with one attached hydrogen (secondary N) is 1. The Hall–Kier alpha value is -1.15. The van der Waals surface area contributed by atoms with Gasteiger partial charge in [0, 0.05) is 12.5 Å². The van der Waals surface area contributed by atoms with Crippen molar-refractivity contribution in [3.8, 4) is 0 Å². The number of rotatable bonds is 5. The fourth-order valence-electron chi connectivity index (χ4n) is 1.49. The van der Waals surface area contributed by atoms with Crippen molar-refractivity contribution in [1.82, 2.24) is 5.32 Å². The van der Waals surface area contributed by atoms with E-state index >= 15 is 0 Å². The average Bonchev–Trinajstić information content (AvgIpc) is 2.21. The van der Waals surface area contributed by atoms with Crippen LogP contribution in [-0.2, 0) is 17.8 Å². The van der Waals surface area contributed by atoms with Gasteiger partial charge in [-0.1, -0.05) is 31.2 Å². The maximum atomic E-state index is 11.1. The van der Waals surface area contributed by atoms with Crippen molar-refractivity contribution < 1.29 is 4.79 Å². The summed E-state index contributed by atoms with van der Waals surface area (Å²) in [7, 11) is 1.94. The molecule has 0 aliphatic carbocycles. The minimum Gasteiger partial charge on any atom is -0.316 e. The summed E-state index contributed by atoms with van der Waals surface area (Å²) in [6, 6.07) is 8.43. The van der Waals surface area contributed by atoms with Crippen LogP contribution in [0.5, 0.6) is 0 Å². The molecule has 1 aromatic rings. The zero-order valence-electron chi connectivity index (χ0n) is 9.71. The molecule has 0 aliphatic heterocycles. The molecule has 15 heavy (non-hydrogen) atoms. The first-order valence-electron chi connectivity index (χ1n) is 5.36. The quantitative estimate of drug-likeness (QED) is 0.798. The first-order chi connectivity index (χ1) is 7.13. The predicted octanol–water partition coefficient (Wildman–Crippen LogP) is 2.17. The van der Waals surface area contributed by atoms with Gasteiger partial charge in [-0.25, -0.2) is 0 Å². The molecule has 1 atom stereocenters. The van der Waals surface area contributed by atoms with Gasteiger partial charge in [-0.15, -0.1) is 0 Å². The van der Waals surface area contributed by atoms with Crippen LogP contribution in [0.15, 0.2) is 24.3 Å². The number of ketones is 1. The van der Waals surface area contributed by atoms with E-state index in [0.29, 0.717) is 0 Å². The molecule has 0 bridgehead atoms. The lowest BCUT2D eigenvalue weighted by Crippen LogP contribution is -2.09. The second-order valence-electron chi connectivity index (χ2n) is 4.06. The van der Waals surface area contributed by atoms with E-state index in [0.717, 1.165) is 13.0 Å². The third-order valence-corrected chi connectivity index (χ3v) is 2.64. The largest absolute Gasteiger partial charge is 0.316 e. The molecule has 0 fully saturated rings. The fourth-order valence-corrected chi connectivity index (χ4v) is 1.49. The average molecular weight is 205 g/mol. The SMILES string of the molecule is CNCc1ccc(CC(C)C(C)=O)cc1. The van der Waals surface area contributed by atoms with Crippen LogP contribution >= 0.6 is 0 Å². The lowest BCUT2D eigenvalue weighted by atomic mass is 9.97. The van der Waals surface area contributed by atoms with E-state index in [1.54, 1.807) is 6.92 Å². The predicted molar refractivity (Wildman–Crippen MR) is 62.8 cm³/mol. The topological polar surface area (TPSA) is 29.1 Å². The van der Waals surface area contributed by atoms with Crippen LogP contribution in [0.25, 0.3) is 0 Å². The van der Waals surface area contributed by atoms with Crippen LogP contribution in [0.4, 0.5) is 0 Å². The Labute approximate surface area is 91.7 Å². The highest BCUT2D eigenvalue weighted by Gasteiger charge is 2.07. The standard InChI is InChI=1S/C13H19NO/c1-10(11(2)15)8-12-4-6-13(7-5-12)9-14-3/h4-7,10,14H,8-9H2,1-3H3. The Morgan fingerprint density at radius 1 is 1.27 bits per heavy atom. The molecule has 0 aliphatic rings. The van der Waals surface area contributed by atoms with Crippen molar-refractivity contribution in [2.45, 2.75) is 26.8 Å². The third kappa shape index (κ3) is 3.84. The van der Waals surface area contributed by atoms with Crippen molar-refractivity contribution in [2.24, 2.45) is 5.92 Å². The Kier molecular flexibility index (Phi) is 4.50. The monoisotopic (exact) mass is 205 g/mol. The highest BCUT2D eigenvalue weighted by molar-refractivity contribution is 5.78. The summed E-state index contributed by atoms with van der Waals surface area (Å²) in [5, 5.41) is 3.11. The summed E-state index contributed by atoms with van der Waals surface area (Å²) < 4.78 is 0. The molecule has 0 saturated heterocycles. The van der Waals surface area contributed by atoms with E-state index in [9.17, 15) is 4.79 Å². The van der Waals surface area contributed by atoms with Gasteiger partial charge in [0.25, 0.3) is 0 Å². The van der Waals surface area contributed by atoms with Gasteiger partial charge in [-0.05, 0) is 31.5 Å². The number of Topliss-reactive ketones (excluding diaryl/α,β-unsaturated/α-hetero) is 1. The molecule has 0 heterocycles. The highest BCUT2D eigenvalue weighted by Crippen LogP contribution is 2.10. The van der Waals surface area contributed by atoms with Crippen LogP contribution in [0.3, 0.4) is 0 Å². The second-order valence-corrected chi connectivity index (χ2v) is 4.06. The Morgan fingerprint density at radius 2 is 1.80 bits per heavy atom. The maximum Gasteiger partial charge on any atom is 0.132 e. The molecule has 2 nitrogen and oxygen atoms in total. The Bertz CT molecular complexity index is 316. The van der Waals surface area contributed by atoms with Crippen LogP contribution in [-0.4, -0.2) is 12.8 Å². The summed E-state index contributed by atoms with van der Waals surface area (Å²) in [5.74, 6) is 0.384. The van der Waals surface area contributed by atoms with Gasteiger partial charge < -0.3 is 5.32 Å². The van der Waals surface area contributed by atoms with Crippen molar-refractivity contribution in [2.75, 3.05) is 7.05 Å². The van der Waals surface area contributed by atoms with Gasteiger partial charge in [-0.2, -0.15) is 0 Å². The molecule has 1 unspecified atom stereocenters. The van der Waals surface area contributed by atoms with Crippen LogP contribution in [0.1, 0.15) is 25.0 Å². The summed E-state index contributed by atoms with van der Waals surface area (Å²) in [4.78, 5) is 11.1. The maximum absolute atomic E-state index is 11.1. The first kappa shape index (κ1) is 11.9. The van der Waals surface area contributed by atoms with E-state index < -0.39 is 0 Å². The summed E-state index contributed by atoms with van der Waals surface area (Å²) in [6.45, 7) is 4.52. The van der Waals surface area contributed by atoms with Crippen LogP contribution in [0.2, 0.25) is 0 Å². The molecule has 82 valence electrons. The molecular weight excluding hydrogens is 186 g/mol. The lowest BCUT2D eigenvalue weighted by Gasteiger charge is -2.08. The summed E-state index contributed by atoms with van der Waals surface area (Å²) >= 11 is 0. The molecule has 1 N–H and O–H groups in total. The van der Waals surface area contributed by atoms with Crippen LogP contribution < -0.4 is 5.32 Å². The number of benzene rings is 1. The second kappa shape index (κ2) is 5.66. The van der Waals surface area contributed by atoms with E-state index in [2.05, 4.69) is 29.6 Å². The van der Waals surface area contributed by atoms with Gasteiger partial charge >= 0.3 is 0 Å². The van der Waals surface area contributed by atoms with Gasteiger partial charge in [0.2, 0.25) is 0 Å². The number of carbonyl (C=O) groups excluding carboxylic acids is 1. The summed E-state index contributed by atoms with van der Waals surface area (Å²) in [6.07, 6.45) is 0.842. The Balaban J connectivity index is 2.60. The van der Waals surface area contributed by atoms with E-state index in [-0.39, 0.29) is 11.7 Å². The van der Waals surface area contributed by atoms with Gasteiger partial charge in [0.15, 0.2) is 0 Å². The molecule has 0 saturated carbocycles. The molecule has 1 rings (SSSR count). The molecule has 1 aromatic carbocycles. The highest BCUT2D eigenvalue weighted by atomic mass is 16.1. The van der Waals surface area contributed by atoms with Crippen molar-refractivity contribution in [3.05, 3.63) is 35.4 Å². The van der Waals surface area contributed by atoms with Gasteiger partial charge in [0.05, 0.1) is 0 Å². The van der Waals surface area contributed by atoms with Gasteiger partial charge in [-0.3, -0.25) is 4.79 Å². The number of hydrogen-bond donors (Lipinski definition) is 1. The Morgan fingerprint density at radius 3 is 2.27 bits per heavy atom. The van der Waals surface area contributed by atoms with Crippen LogP contribution in [0, 0.1) is 5.92 Å². The van der Waals surface area contributed by atoms with E-state index in [1.165, 1.54) is 11.1 Å². The minimum atomic E-state index is 0.125. The normalized spacial score (nSPS) is 12.5. The van der Waals surface area contributed by atoms with E-state index in [1.807, 2.05) is 14.0 Å². The van der Waals surface area contributed by atoms with Gasteiger partial charge in [0.1, 0.15) is 5.78 Å². The number of carbonyl (C=O) groups is 1. The molecule has 0 aromatic heterocycles. The molecule has 0 amide bonds. The minimum absolute atomic E-state index is 0.125. The smallest absolute Gasteiger partial charge is 0.132 e. The van der Waals surface area contributed by atoms with Crippen molar-refractivity contribution in [3.63, 3.8) is 0 Å². The summed E-state index contributed by atoms with van der Waals surface area (Å²) in [5.41, 5.74) is 2.51. The zero-order chi connectivity index (χ0) is 11.3. The van der Waals surface area contributed by atoms with E-state index in [4.69, 9.17) is 0 Å².